The lowest BCUT2D eigenvalue weighted by atomic mass is 9.87. The van der Waals surface area contributed by atoms with Crippen LogP contribution in [0.1, 0.15) is 34.1 Å². The number of carbonyl (C=O) groups is 2. The summed E-state index contributed by atoms with van der Waals surface area (Å²) in [5.74, 6) is 1.83. The molecule has 176 valence electrons. The molecular formula is C26H28N4O3S. The number of amides is 1. The smallest absolute Gasteiger partial charge is 0.243 e. The summed E-state index contributed by atoms with van der Waals surface area (Å²) in [6.45, 7) is 4.56. The number of anilines is 1. The first-order valence-electron chi connectivity index (χ1n) is 11.3. The summed E-state index contributed by atoms with van der Waals surface area (Å²) >= 11 is 1.80. The number of para-hydroxylation sites is 1. The summed E-state index contributed by atoms with van der Waals surface area (Å²) < 4.78 is 5.97. The summed E-state index contributed by atoms with van der Waals surface area (Å²) in [4.78, 5) is 34.0. The summed E-state index contributed by atoms with van der Waals surface area (Å²) in [7, 11) is 0. The molecule has 0 radical (unpaired) electrons. The topological polar surface area (TPSA) is 93.2 Å². The molecule has 3 heterocycles. The zero-order valence-electron chi connectivity index (χ0n) is 19.3. The van der Waals surface area contributed by atoms with Gasteiger partial charge in [-0.15, -0.1) is 0 Å². The van der Waals surface area contributed by atoms with E-state index in [9.17, 15) is 9.59 Å². The summed E-state index contributed by atoms with van der Waals surface area (Å²) in [5, 5.41) is 6.14. The Balaban J connectivity index is 1.29. The lowest BCUT2D eigenvalue weighted by Gasteiger charge is -2.30. The van der Waals surface area contributed by atoms with E-state index < -0.39 is 12.0 Å². The zero-order valence-corrected chi connectivity index (χ0v) is 20.1. The average Bonchev–Trinajstić information content (AvgIpc) is 2.86. The number of nitrogens with zero attached hydrogens (tertiary/aromatic N) is 2. The molecule has 0 saturated carbocycles. The number of ketones is 1. The number of hydrogen-bond donors (Lipinski definition) is 2. The highest BCUT2D eigenvalue weighted by molar-refractivity contribution is 7.98. The molecule has 0 aliphatic carbocycles. The van der Waals surface area contributed by atoms with Gasteiger partial charge in [-0.25, -0.2) is 0 Å². The molecule has 1 aliphatic rings. The number of nitrogens with one attached hydrogen (secondary N) is 2. The van der Waals surface area contributed by atoms with Crippen LogP contribution in [0.2, 0.25) is 0 Å². The van der Waals surface area contributed by atoms with Gasteiger partial charge < -0.3 is 15.4 Å². The summed E-state index contributed by atoms with van der Waals surface area (Å²) in [6.07, 6.45) is 5.29. The van der Waals surface area contributed by atoms with Crippen molar-refractivity contribution >= 4 is 29.1 Å². The fraction of sp³-hybridized carbons (Fsp3) is 0.308. The minimum absolute atomic E-state index is 0.0268. The number of hydrogen-bond acceptors (Lipinski definition) is 7. The summed E-state index contributed by atoms with van der Waals surface area (Å²) in [5.41, 5.74) is 4.20. The first-order chi connectivity index (χ1) is 16.5. The minimum Gasteiger partial charge on any atom is -0.492 e. The quantitative estimate of drug-likeness (QED) is 0.451. The van der Waals surface area contributed by atoms with Crippen LogP contribution in [0.25, 0.3) is 0 Å². The minimum atomic E-state index is -0.625. The van der Waals surface area contributed by atoms with Gasteiger partial charge >= 0.3 is 0 Å². The van der Waals surface area contributed by atoms with E-state index in [2.05, 4.69) is 20.6 Å². The molecule has 2 aromatic heterocycles. The Morgan fingerprint density at radius 3 is 2.76 bits per heavy atom. The van der Waals surface area contributed by atoms with Crippen molar-refractivity contribution in [2.24, 2.45) is 5.92 Å². The van der Waals surface area contributed by atoms with Gasteiger partial charge in [0.15, 0.2) is 5.78 Å². The van der Waals surface area contributed by atoms with Gasteiger partial charge in [0.25, 0.3) is 0 Å². The van der Waals surface area contributed by atoms with E-state index in [-0.39, 0.29) is 18.2 Å². The number of thioether (sulfide) groups is 1. The van der Waals surface area contributed by atoms with Gasteiger partial charge in [0.05, 0.1) is 18.8 Å². The molecule has 2 N–H and O–H groups in total. The Bertz CT molecular complexity index is 1160. The highest BCUT2D eigenvalue weighted by Crippen LogP contribution is 2.28. The third-order valence-corrected chi connectivity index (χ3v) is 6.88. The van der Waals surface area contributed by atoms with E-state index in [1.54, 1.807) is 43.3 Å². The van der Waals surface area contributed by atoms with Crippen molar-refractivity contribution in [1.29, 1.82) is 0 Å². The lowest BCUT2D eigenvalue weighted by molar-refractivity contribution is -0.122. The standard InChI is InChI=1S/C26H28N4O3S/c1-17-22(28-12-9-23(17)33-13-14-34-16-19-7-10-27-11-8-19)15-29-26(32)24-18(2)25(31)20-5-3-4-6-21(20)30-24/h3-12,18,24,30H,13-16H2,1-2H3,(H,29,32). The third kappa shape index (κ3) is 5.56. The van der Waals surface area contributed by atoms with Crippen molar-refractivity contribution in [3.05, 3.63) is 83.4 Å². The van der Waals surface area contributed by atoms with E-state index in [4.69, 9.17) is 4.74 Å². The molecule has 3 aromatic rings. The second-order valence-electron chi connectivity index (χ2n) is 8.18. The van der Waals surface area contributed by atoms with Crippen LogP contribution in [-0.4, -0.2) is 40.1 Å². The maximum absolute atomic E-state index is 12.9. The van der Waals surface area contributed by atoms with Crippen LogP contribution in [0.3, 0.4) is 0 Å². The van der Waals surface area contributed by atoms with E-state index in [0.29, 0.717) is 17.9 Å². The SMILES string of the molecule is Cc1c(OCCSCc2ccncc2)ccnc1CNC(=O)C1Nc2ccccc2C(=O)C1C. The van der Waals surface area contributed by atoms with Crippen molar-refractivity contribution in [1.82, 2.24) is 15.3 Å². The van der Waals surface area contributed by atoms with Crippen molar-refractivity contribution in [2.75, 3.05) is 17.7 Å². The van der Waals surface area contributed by atoms with Crippen molar-refractivity contribution in [3.63, 3.8) is 0 Å². The number of Topliss-reactive ketones (excluding diaryl/α,β-unsaturated/α-hetero) is 1. The second-order valence-corrected chi connectivity index (χ2v) is 9.28. The van der Waals surface area contributed by atoms with Crippen LogP contribution < -0.4 is 15.4 Å². The fourth-order valence-corrected chi connectivity index (χ4v) is 4.63. The number of fused-ring (bicyclic) bond motifs is 1. The Morgan fingerprint density at radius 1 is 1.15 bits per heavy atom. The van der Waals surface area contributed by atoms with Crippen molar-refractivity contribution in [3.8, 4) is 5.75 Å². The maximum Gasteiger partial charge on any atom is 0.243 e. The largest absolute Gasteiger partial charge is 0.492 e. The predicted molar refractivity (Wildman–Crippen MR) is 134 cm³/mol. The second kappa shape index (κ2) is 11.2. The molecular weight excluding hydrogens is 448 g/mol. The number of aromatic nitrogens is 2. The number of carbonyl (C=O) groups excluding carboxylic acids is 2. The van der Waals surface area contributed by atoms with E-state index in [1.165, 1.54) is 5.56 Å². The Kier molecular flexibility index (Phi) is 7.80. The van der Waals surface area contributed by atoms with Crippen LogP contribution >= 0.6 is 11.8 Å². The van der Waals surface area contributed by atoms with E-state index in [0.717, 1.165) is 28.5 Å². The molecule has 1 amide bonds. The molecule has 0 fully saturated rings. The first-order valence-corrected chi connectivity index (χ1v) is 12.4. The van der Waals surface area contributed by atoms with Gasteiger partial charge in [-0.2, -0.15) is 11.8 Å². The van der Waals surface area contributed by atoms with Crippen LogP contribution in [0.15, 0.2) is 61.1 Å². The lowest BCUT2D eigenvalue weighted by Crippen LogP contribution is -2.48. The normalized spacial score (nSPS) is 16.9. The van der Waals surface area contributed by atoms with Gasteiger partial charge in [0, 0.05) is 52.8 Å². The molecule has 0 bridgehead atoms. The molecule has 7 nitrogen and oxygen atoms in total. The van der Waals surface area contributed by atoms with Crippen LogP contribution in [0, 0.1) is 12.8 Å². The number of ether oxygens (including phenoxy) is 1. The summed E-state index contributed by atoms with van der Waals surface area (Å²) in [6, 6.07) is 12.5. The molecule has 34 heavy (non-hydrogen) atoms. The van der Waals surface area contributed by atoms with Crippen molar-refractivity contribution < 1.29 is 14.3 Å². The maximum atomic E-state index is 12.9. The van der Waals surface area contributed by atoms with Crippen LogP contribution in [-0.2, 0) is 17.1 Å². The molecule has 1 aliphatic heterocycles. The highest BCUT2D eigenvalue weighted by Gasteiger charge is 2.36. The zero-order chi connectivity index (χ0) is 23.9. The predicted octanol–water partition coefficient (Wildman–Crippen LogP) is 4.03. The molecule has 1 aromatic carbocycles. The first kappa shape index (κ1) is 23.8. The average molecular weight is 477 g/mol. The molecule has 0 spiro atoms. The molecule has 8 heteroatoms. The molecule has 0 saturated heterocycles. The monoisotopic (exact) mass is 476 g/mol. The molecule has 4 rings (SSSR count). The third-order valence-electron chi connectivity index (χ3n) is 5.89. The van der Waals surface area contributed by atoms with E-state index >= 15 is 0 Å². The number of pyridine rings is 2. The Hall–Kier alpha value is -3.39. The number of benzene rings is 1. The van der Waals surface area contributed by atoms with Crippen LogP contribution in [0.5, 0.6) is 5.75 Å². The fourth-order valence-electron chi connectivity index (χ4n) is 3.86. The molecule has 2 unspecified atom stereocenters. The van der Waals surface area contributed by atoms with Gasteiger partial charge in [0.1, 0.15) is 11.8 Å². The molecule has 2 atom stereocenters. The van der Waals surface area contributed by atoms with Gasteiger partial charge in [-0.1, -0.05) is 19.1 Å². The highest BCUT2D eigenvalue weighted by atomic mass is 32.2. The van der Waals surface area contributed by atoms with Crippen LogP contribution in [0.4, 0.5) is 5.69 Å². The Morgan fingerprint density at radius 2 is 1.94 bits per heavy atom. The van der Waals surface area contributed by atoms with Gasteiger partial charge in [-0.3, -0.25) is 19.6 Å². The van der Waals surface area contributed by atoms with Crippen molar-refractivity contribution in [2.45, 2.75) is 32.2 Å². The van der Waals surface area contributed by atoms with Gasteiger partial charge in [-0.05, 0) is 42.8 Å². The number of rotatable bonds is 9. The van der Waals surface area contributed by atoms with Gasteiger partial charge in [0.2, 0.25) is 5.91 Å². The van der Waals surface area contributed by atoms with E-state index in [1.807, 2.05) is 43.3 Å². The Labute approximate surface area is 203 Å².